The van der Waals surface area contributed by atoms with Gasteiger partial charge in [0.25, 0.3) is 0 Å². The molecule has 0 aromatic heterocycles. The van der Waals surface area contributed by atoms with E-state index in [-0.39, 0.29) is 5.91 Å². The van der Waals surface area contributed by atoms with Crippen molar-refractivity contribution in [1.82, 2.24) is 15.5 Å². The van der Waals surface area contributed by atoms with Crippen LogP contribution in [-0.2, 0) is 9.53 Å². The summed E-state index contributed by atoms with van der Waals surface area (Å²) in [4.78, 5) is 14.3. The van der Waals surface area contributed by atoms with Crippen LogP contribution in [0, 0.1) is 5.92 Å². The van der Waals surface area contributed by atoms with Crippen LogP contribution >= 0.6 is 0 Å². The number of nitrogens with zero attached hydrogens (tertiary/aromatic N) is 1. The molecule has 20 heavy (non-hydrogen) atoms. The van der Waals surface area contributed by atoms with E-state index < -0.39 is 0 Å². The molecule has 2 aliphatic rings. The van der Waals surface area contributed by atoms with Gasteiger partial charge in [0, 0.05) is 31.8 Å². The van der Waals surface area contributed by atoms with Crippen LogP contribution in [0.15, 0.2) is 0 Å². The van der Waals surface area contributed by atoms with Crippen molar-refractivity contribution >= 4 is 5.91 Å². The zero-order valence-corrected chi connectivity index (χ0v) is 12.9. The van der Waals surface area contributed by atoms with E-state index in [4.69, 9.17) is 4.74 Å². The van der Waals surface area contributed by atoms with Gasteiger partial charge in [-0.3, -0.25) is 4.79 Å². The van der Waals surface area contributed by atoms with Crippen LogP contribution in [-0.4, -0.2) is 62.3 Å². The first-order valence-electron chi connectivity index (χ1n) is 7.97. The average molecular weight is 283 g/mol. The van der Waals surface area contributed by atoms with Crippen molar-refractivity contribution in [2.75, 3.05) is 39.4 Å². The van der Waals surface area contributed by atoms with Crippen LogP contribution < -0.4 is 10.6 Å². The molecule has 2 heterocycles. The fraction of sp³-hybridized carbons (Fsp3) is 0.933. The van der Waals surface area contributed by atoms with Crippen molar-refractivity contribution in [2.24, 2.45) is 5.92 Å². The van der Waals surface area contributed by atoms with Gasteiger partial charge in [-0.2, -0.15) is 0 Å². The Bertz CT molecular complexity index is 303. The lowest BCUT2D eigenvalue weighted by Crippen LogP contribution is -2.43. The van der Waals surface area contributed by atoms with Crippen LogP contribution in [0.5, 0.6) is 0 Å². The molecule has 2 fully saturated rings. The Hall–Kier alpha value is -0.650. The number of hydrogen-bond acceptors (Lipinski definition) is 4. The minimum absolute atomic E-state index is 0.121. The Morgan fingerprint density at radius 3 is 2.70 bits per heavy atom. The normalized spacial score (nSPS) is 25.2. The second-order valence-electron chi connectivity index (χ2n) is 6.33. The van der Waals surface area contributed by atoms with Crippen LogP contribution in [0.3, 0.4) is 0 Å². The number of amides is 1. The highest BCUT2D eigenvalue weighted by Crippen LogP contribution is 2.17. The van der Waals surface area contributed by atoms with Gasteiger partial charge < -0.3 is 20.3 Å². The number of ether oxygens (including phenoxy) is 1. The Morgan fingerprint density at radius 1 is 1.30 bits per heavy atom. The van der Waals surface area contributed by atoms with Crippen LogP contribution in [0.4, 0.5) is 0 Å². The summed E-state index contributed by atoms with van der Waals surface area (Å²) in [7, 11) is 0. The molecule has 0 saturated carbocycles. The van der Waals surface area contributed by atoms with Gasteiger partial charge in [-0.15, -0.1) is 0 Å². The van der Waals surface area contributed by atoms with Crippen LogP contribution in [0.25, 0.3) is 0 Å². The fourth-order valence-electron chi connectivity index (χ4n) is 3.01. The van der Waals surface area contributed by atoms with E-state index in [2.05, 4.69) is 29.4 Å². The van der Waals surface area contributed by atoms with E-state index in [9.17, 15) is 4.79 Å². The first kappa shape index (κ1) is 15.7. The minimum Gasteiger partial charge on any atom is -0.381 e. The molecule has 0 aliphatic carbocycles. The van der Waals surface area contributed by atoms with Gasteiger partial charge in [-0.1, -0.05) is 0 Å². The number of rotatable bonds is 6. The summed E-state index contributed by atoms with van der Waals surface area (Å²) in [5, 5.41) is 6.39. The highest BCUT2D eigenvalue weighted by Gasteiger charge is 2.24. The summed E-state index contributed by atoms with van der Waals surface area (Å²) < 4.78 is 5.29. The highest BCUT2D eigenvalue weighted by molar-refractivity contribution is 5.78. The maximum absolute atomic E-state index is 11.8. The monoisotopic (exact) mass is 283 g/mol. The first-order valence-corrected chi connectivity index (χ1v) is 7.97. The van der Waals surface area contributed by atoms with E-state index >= 15 is 0 Å². The van der Waals surface area contributed by atoms with Crippen LogP contribution in [0.1, 0.15) is 33.1 Å². The SMILES string of the molecule is CC(C)N1CCC(CNCC(=O)NC2CCOCC2)C1. The predicted octanol–water partition coefficient (Wildman–Crippen LogP) is 0.602. The maximum Gasteiger partial charge on any atom is 0.234 e. The van der Waals surface area contributed by atoms with E-state index in [0.717, 1.165) is 39.1 Å². The highest BCUT2D eigenvalue weighted by atomic mass is 16.5. The summed E-state index contributed by atoms with van der Waals surface area (Å²) in [6, 6.07) is 0.942. The van der Waals surface area contributed by atoms with E-state index in [1.54, 1.807) is 0 Å². The Labute approximate surface area is 122 Å². The molecule has 0 aromatic carbocycles. The molecule has 0 radical (unpaired) electrons. The Morgan fingerprint density at radius 2 is 2.05 bits per heavy atom. The zero-order chi connectivity index (χ0) is 14.4. The molecular weight excluding hydrogens is 254 g/mol. The predicted molar refractivity (Wildman–Crippen MR) is 79.7 cm³/mol. The molecule has 2 aliphatic heterocycles. The largest absolute Gasteiger partial charge is 0.381 e. The lowest BCUT2D eigenvalue weighted by Gasteiger charge is -2.23. The second-order valence-corrected chi connectivity index (χ2v) is 6.33. The molecule has 1 amide bonds. The fourth-order valence-corrected chi connectivity index (χ4v) is 3.01. The van der Waals surface area contributed by atoms with Crippen molar-refractivity contribution in [2.45, 2.75) is 45.2 Å². The molecule has 2 rings (SSSR count). The van der Waals surface area contributed by atoms with Crippen molar-refractivity contribution in [3.63, 3.8) is 0 Å². The van der Waals surface area contributed by atoms with Gasteiger partial charge >= 0.3 is 0 Å². The molecule has 2 N–H and O–H groups in total. The smallest absolute Gasteiger partial charge is 0.234 e. The Balaban J connectivity index is 1.55. The van der Waals surface area contributed by atoms with Gasteiger partial charge in [0.1, 0.15) is 0 Å². The number of carbonyl (C=O) groups excluding carboxylic acids is 1. The minimum atomic E-state index is 0.121. The lowest BCUT2D eigenvalue weighted by atomic mass is 10.1. The Kier molecular flexibility index (Phi) is 6.26. The summed E-state index contributed by atoms with van der Waals surface area (Å²) >= 11 is 0. The summed E-state index contributed by atoms with van der Waals surface area (Å²) in [5.41, 5.74) is 0. The number of nitrogens with one attached hydrogen (secondary N) is 2. The summed E-state index contributed by atoms with van der Waals surface area (Å²) in [6.45, 7) is 9.77. The third-order valence-electron chi connectivity index (χ3n) is 4.35. The molecule has 0 spiro atoms. The molecule has 0 aromatic rings. The zero-order valence-electron chi connectivity index (χ0n) is 12.9. The van der Waals surface area contributed by atoms with Gasteiger partial charge in [-0.25, -0.2) is 0 Å². The van der Waals surface area contributed by atoms with Gasteiger partial charge in [-0.05, 0) is 52.1 Å². The van der Waals surface area contributed by atoms with E-state index in [1.165, 1.54) is 13.0 Å². The van der Waals surface area contributed by atoms with Crippen molar-refractivity contribution in [3.8, 4) is 0 Å². The molecule has 0 bridgehead atoms. The molecule has 1 unspecified atom stereocenters. The number of likely N-dealkylation sites (tertiary alicyclic amines) is 1. The maximum atomic E-state index is 11.8. The van der Waals surface area contributed by atoms with Gasteiger partial charge in [0.2, 0.25) is 5.91 Å². The molecule has 5 heteroatoms. The first-order chi connectivity index (χ1) is 9.65. The van der Waals surface area contributed by atoms with Crippen molar-refractivity contribution in [1.29, 1.82) is 0 Å². The van der Waals surface area contributed by atoms with Gasteiger partial charge in [0.05, 0.1) is 6.54 Å². The average Bonchev–Trinajstić information content (AvgIpc) is 2.89. The quantitative estimate of drug-likeness (QED) is 0.749. The topological polar surface area (TPSA) is 53.6 Å². The molecule has 2 saturated heterocycles. The number of hydrogen-bond donors (Lipinski definition) is 2. The third kappa shape index (κ3) is 5.04. The molecule has 116 valence electrons. The van der Waals surface area contributed by atoms with Crippen molar-refractivity contribution in [3.05, 3.63) is 0 Å². The second kappa shape index (κ2) is 7.96. The molecule has 1 atom stereocenters. The van der Waals surface area contributed by atoms with Crippen LogP contribution in [0.2, 0.25) is 0 Å². The van der Waals surface area contributed by atoms with Crippen molar-refractivity contribution < 1.29 is 9.53 Å². The molecule has 5 nitrogen and oxygen atoms in total. The third-order valence-corrected chi connectivity index (χ3v) is 4.35. The molecular formula is C15H29N3O2. The lowest BCUT2D eigenvalue weighted by molar-refractivity contribution is -0.121. The summed E-state index contributed by atoms with van der Waals surface area (Å²) in [5.74, 6) is 0.809. The van der Waals surface area contributed by atoms with E-state index in [1.807, 2.05) is 0 Å². The summed E-state index contributed by atoms with van der Waals surface area (Å²) in [6.07, 6.45) is 3.13. The number of carbonyl (C=O) groups is 1. The van der Waals surface area contributed by atoms with E-state index in [0.29, 0.717) is 24.5 Å². The standard InChI is InChI=1S/C15H29N3O2/c1-12(2)18-6-3-13(11-18)9-16-10-15(19)17-14-4-7-20-8-5-14/h12-14,16H,3-11H2,1-2H3,(H,17,19). The van der Waals surface area contributed by atoms with Gasteiger partial charge in [0.15, 0.2) is 0 Å².